The van der Waals surface area contributed by atoms with E-state index in [1.807, 2.05) is 0 Å². The Morgan fingerprint density at radius 1 is 1.42 bits per heavy atom. The molecule has 12 heavy (non-hydrogen) atoms. The highest BCUT2D eigenvalue weighted by atomic mass is 16.3. The largest absolute Gasteiger partial charge is 0.384 e. The first-order valence-corrected chi connectivity index (χ1v) is 4.68. The Morgan fingerprint density at radius 3 is 2.50 bits per heavy atom. The highest BCUT2D eigenvalue weighted by molar-refractivity contribution is 5.80. The Bertz CT molecular complexity index is 151. The predicted octanol–water partition coefficient (Wildman–Crippen LogP) is 0.816. The lowest BCUT2D eigenvalue weighted by molar-refractivity contribution is -0.129. The fourth-order valence-electron chi connectivity index (χ4n) is 1.57. The standard InChI is InChI=1S/C9H17NO2/c1-7(11)9(12)10-8-5-3-2-4-6-8/h7-8,11H,2-6H2,1H3,(H,10,12). The van der Waals surface area contributed by atoms with E-state index >= 15 is 0 Å². The Kier molecular flexibility index (Phi) is 3.53. The van der Waals surface area contributed by atoms with Gasteiger partial charge in [0.15, 0.2) is 0 Å². The van der Waals surface area contributed by atoms with Gasteiger partial charge in [-0.05, 0) is 19.8 Å². The molecule has 0 heterocycles. The number of rotatable bonds is 2. The van der Waals surface area contributed by atoms with E-state index in [0.29, 0.717) is 6.04 Å². The van der Waals surface area contributed by atoms with Crippen LogP contribution in [-0.4, -0.2) is 23.2 Å². The molecular formula is C9H17NO2. The van der Waals surface area contributed by atoms with Crippen molar-refractivity contribution >= 4 is 5.91 Å². The van der Waals surface area contributed by atoms with Gasteiger partial charge in [-0.1, -0.05) is 19.3 Å². The average molecular weight is 171 g/mol. The maximum atomic E-state index is 11.0. The van der Waals surface area contributed by atoms with Gasteiger partial charge >= 0.3 is 0 Å². The van der Waals surface area contributed by atoms with E-state index in [-0.39, 0.29) is 5.91 Å². The van der Waals surface area contributed by atoms with Crippen LogP contribution in [-0.2, 0) is 4.79 Å². The van der Waals surface area contributed by atoms with Crippen LogP contribution in [0, 0.1) is 0 Å². The zero-order valence-corrected chi connectivity index (χ0v) is 7.55. The molecule has 0 saturated heterocycles. The summed E-state index contributed by atoms with van der Waals surface area (Å²) in [5, 5.41) is 11.8. The number of hydrogen-bond acceptors (Lipinski definition) is 2. The van der Waals surface area contributed by atoms with E-state index in [0.717, 1.165) is 12.8 Å². The highest BCUT2D eigenvalue weighted by Gasteiger charge is 2.17. The van der Waals surface area contributed by atoms with Crippen LogP contribution < -0.4 is 5.32 Å². The van der Waals surface area contributed by atoms with Crippen molar-refractivity contribution < 1.29 is 9.90 Å². The molecule has 0 aliphatic heterocycles. The molecule has 1 unspecified atom stereocenters. The van der Waals surface area contributed by atoms with Gasteiger partial charge in [0, 0.05) is 6.04 Å². The van der Waals surface area contributed by atoms with Gasteiger partial charge < -0.3 is 10.4 Å². The number of nitrogens with one attached hydrogen (secondary N) is 1. The number of amides is 1. The maximum absolute atomic E-state index is 11.0. The number of aliphatic hydroxyl groups is 1. The third kappa shape index (κ3) is 2.81. The molecule has 0 aromatic carbocycles. The lowest BCUT2D eigenvalue weighted by atomic mass is 9.95. The van der Waals surface area contributed by atoms with E-state index in [9.17, 15) is 4.79 Å². The van der Waals surface area contributed by atoms with E-state index in [1.165, 1.54) is 26.2 Å². The number of carbonyl (C=O) groups excluding carboxylic acids is 1. The van der Waals surface area contributed by atoms with Gasteiger partial charge in [0.1, 0.15) is 6.10 Å². The molecule has 1 aliphatic rings. The molecule has 3 nitrogen and oxygen atoms in total. The second-order valence-corrected chi connectivity index (χ2v) is 3.52. The lowest BCUT2D eigenvalue weighted by Crippen LogP contribution is -2.41. The highest BCUT2D eigenvalue weighted by Crippen LogP contribution is 2.17. The van der Waals surface area contributed by atoms with Gasteiger partial charge in [-0.3, -0.25) is 4.79 Å². The summed E-state index contributed by atoms with van der Waals surface area (Å²) in [5.41, 5.74) is 0. The zero-order chi connectivity index (χ0) is 8.97. The molecule has 1 aliphatic carbocycles. The summed E-state index contributed by atoms with van der Waals surface area (Å²) in [6.45, 7) is 1.50. The van der Waals surface area contributed by atoms with Crippen molar-refractivity contribution in [1.29, 1.82) is 0 Å². The average Bonchev–Trinajstić information content (AvgIpc) is 2.06. The van der Waals surface area contributed by atoms with Crippen LogP contribution in [0.1, 0.15) is 39.0 Å². The van der Waals surface area contributed by atoms with E-state index < -0.39 is 6.10 Å². The second-order valence-electron chi connectivity index (χ2n) is 3.52. The van der Waals surface area contributed by atoms with Crippen LogP contribution in [0.5, 0.6) is 0 Å². The van der Waals surface area contributed by atoms with Crippen molar-refractivity contribution in [2.75, 3.05) is 0 Å². The fourth-order valence-corrected chi connectivity index (χ4v) is 1.57. The van der Waals surface area contributed by atoms with Crippen molar-refractivity contribution in [3.8, 4) is 0 Å². The van der Waals surface area contributed by atoms with Gasteiger partial charge in [-0.2, -0.15) is 0 Å². The molecule has 0 radical (unpaired) electrons. The number of aliphatic hydroxyl groups excluding tert-OH is 1. The summed E-state index contributed by atoms with van der Waals surface area (Å²) in [7, 11) is 0. The van der Waals surface area contributed by atoms with Gasteiger partial charge in [0.2, 0.25) is 5.91 Å². The van der Waals surface area contributed by atoms with Crippen molar-refractivity contribution in [2.24, 2.45) is 0 Å². The minimum absolute atomic E-state index is 0.234. The van der Waals surface area contributed by atoms with Crippen molar-refractivity contribution in [3.05, 3.63) is 0 Å². The molecular weight excluding hydrogens is 154 g/mol. The Balaban J connectivity index is 2.24. The molecule has 1 amide bonds. The van der Waals surface area contributed by atoms with Crippen LogP contribution in [0.15, 0.2) is 0 Å². The van der Waals surface area contributed by atoms with Gasteiger partial charge in [0.05, 0.1) is 0 Å². The minimum Gasteiger partial charge on any atom is -0.384 e. The summed E-state index contributed by atoms with van der Waals surface area (Å²) < 4.78 is 0. The molecule has 0 bridgehead atoms. The Hall–Kier alpha value is -0.570. The van der Waals surface area contributed by atoms with Crippen LogP contribution in [0.3, 0.4) is 0 Å². The van der Waals surface area contributed by atoms with Gasteiger partial charge in [0.25, 0.3) is 0 Å². The number of hydrogen-bond donors (Lipinski definition) is 2. The lowest BCUT2D eigenvalue weighted by Gasteiger charge is -2.23. The maximum Gasteiger partial charge on any atom is 0.248 e. The molecule has 2 N–H and O–H groups in total. The topological polar surface area (TPSA) is 49.3 Å². The predicted molar refractivity (Wildman–Crippen MR) is 46.7 cm³/mol. The quantitative estimate of drug-likeness (QED) is 0.646. The molecule has 1 saturated carbocycles. The van der Waals surface area contributed by atoms with E-state index in [4.69, 9.17) is 5.11 Å². The first kappa shape index (κ1) is 9.52. The first-order valence-electron chi connectivity index (χ1n) is 4.68. The smallest absolute Gasteiger partial charge is 0.248 e. The van der Waals surface area contributed by atoms with Crippen LogP contribution in [0.25, 0.3) is 0 Å². The molecule has 0 spiro atoms. The minimum atomic E-state index is -0.869. The van der Waals surface area contributed by atoms with Gasteiger partial charge in [-0.25, -0.2) is 0 Å². The summed E-state index contributed by atoms with van der Waals surface area (Å²) >= 11 is 0. The molecule has 1 fully saturated rings. The first-order chi connectivity index (χ1) is 5.70. The molecule has 3 heteroatoms. The van der Waals surface area contributed by atoms with E-state index in [2.05, 4.69) is 5.32 Å². The summed E-state index contributed by atoms with van der Waals surface area (Å²) in [5.74, 6) is -0.234. The zero-order valence-electron chi connectivity index (χ0n) is 7.55. The Morgan fingerprint density at radius 2 is 2.00 bits per heavy atom. The van der Waals surface area contributed by atoms with Crippen LogP contribution in [0.4, 0.5) is 0 Å². The number of carbonyl (C=O) groups is 1. The second kappa shape index (κ2) is 4.45. The normalized spacial score (nSPS) is 21.8. The van der Waals surface area contributed by atoms with Gasteiger partial charge in [-0.15, -0.1) is 0 Å². The van der Waals surface area contributed by atoms with E-state index in [1.54, 1.807) is 0 Å². The fraction of sp³-hybridized carbons (Fsp3) is 0.889. The van der Waals surface area contributed by atoms with Crippen LogP contribution in [0.2, 0.25) is 0 Å². The van der Waals surface area contributed by atoms with Crippen molar-refractivity contribution in [3.63, 3.8) is 0 Å². The SMILES string of the molecule is CC(O)C(=O)NC1CCCCC1. The van der Waals surface area contributed by atoms with Crippen molar-refractivity contribution in [1.82, 2.24) is 5.32 Å². The summed E-state index contributed by atoms with van der Waals surface area (Å²) in [4.78, 5) is 11.0. The summed E-state index contributed by atoms with van der Waals surface area (Å²) in [6, 6.07) is 0.306. The molecule has 1 rings (SSSR count). The Labute approximate surface area is 73.2 Å². The van der Waals surface area contributed by atoms with Crippen LogP contribution >= 0.6 is 0 Å². The molecule has 0 aromatic rings. The summed E-state index contributed by atoms with van der Waals surface area (Å²) in [6.07, 6.45) is 4.94. The monoisotopic (exact) mass is 171 g/mol. The molecule has 0 aromatic heterocycles. The molecule has 70 valence electrons. The third-order valence-corrected chi connectivity index (χ3v) is 2.33. The third-order valence-electron chi connectivity index (χ3n) is 2.33. The molecule has 1 atom stereocenters. The van der Waals surface area contributed by atoms with Crippen molar-refractivity contribution in [2.45, 2.75) is 51.2 Å².